The van der Waals surface area contributed by atoms with Gasteiger partial charge in [0.25, 0.3) is 11.5 Å². The van der Waals surface area contributed by atoms with Crippen LogP contribution >= 0.6 is 23.2 Å². The second-order valence-electron chi connectivity index (χ2n) is 4.49. The first kappa shape index (κ1) is 13.9. The van der Waals surface area contributed by atoms with Gasteiger partial charge in [0.1, 0.15) is 5.69 Å². The summed E-state index contributed by atoms with van der Waals surface area (Å²) < 4.78 is 2.23. The van der Waals surface area contributed by atoms with Gasteiger partial charge in [-0.1, -0.05) is 23.2 Å². The molecule has 2 aromatic rings. The summed E-state index contributed by atoms with van der Waals surface area (Å²) in [6.45, 7) is 0.646. The lowest BCUT2D eigenvalue weighted by Crippen LogP contribution is -2.47. The van der Waals surface area contributed by atoms with E-state index in [4.69, 9.17) is 23.2 Å². The van der Waals surface area contributed by atoms with E-state index in [0.29, 0.717) is 23.8 Å². The van der Waals surface area contributed by atoms with E-state index in [-0.39, 0.29) is 10.7 Å². The quantitative estimate of drug-likeness (QED) is 0.851. The highest BCUT2D eigenvalue weighted by molar-refractivity contribution is 6.42. The van der Waals surface area contributed by atoms with E-state index in [9.17, 15) is 14.4 Å². The Morgan fingerprint density at radius 2 is 1.81 bits per heavy atom. The summed E-state index contributed by atoms with van der Waals surface area (Å²) in [6.07, 6.45) is 0. The van der Waals surface area contributed by atoms with Gasteiger partial charge >= 0.3 is 5.69 Å². The molecule has 0 saturated carbocycles. The van der Waals surface area contributed by atoms with E-state index in [1.165, 1.54) is 22.8 Å². The number of fused-ring (bicyclic) bond motifs is 1. The fourth-order valence-electron chi connectivity index (χ4n) is 2.22. The molecular formula is C13H9Cl2N3O3. The molecule has 1 aliphatic rings. The van der Waals surface area contributed by atoms with Gasteiger partial charge in [0.15, 0.2) is 0 Å². The van der Waals surface area contributed by atoms with Crippen LogP contribution in [0.4, 0.5) is 0 Å². The molecular weight excluding hydrogens is 317 g/mol. The zero-order valence-corrected chi connectivity index (χ0v) is 12.1. The minimum Gasteiger partial charge on any atom is -0.349 e. The Bertz CT molecular complexity index is 870. The molecule has 6 nitrogen and oxygen atoms in total. The van der Waals surface area contributed by atoms with Crippen LogP contribution in [0.2, 0.25) is 10.0 Å². The molecule has 3 rings (SSSR count). The van der Waals surface area contributed by atoms with E-state index < -0.39 is 17.2 Å². The molecule has 0 aliphatic carbocycles. The highest BCUT2D eigenvalue weighted by Crippen LogP contribution is 2.23. The predicted octanol–water partition coefficient (Wildman–Crippen LogP) is 1.05. The number of nitrogens with one attached hydrogen (secondary N) is 1. The molecule has 0 atom stereocenters. The maximum Gasteiger partial charge on any atom is 0.336 e. The first-order valence-electron chi connectivity index (χ1n) is 6.09. The van der Waals surface area contributed by atoms with Crippen molar-refractivity contribution in [2.24, 2.45) is 0 Å². The van der Waals surface area contributed by atoms with E-state index in [0.717, 1.165) is 10.6 Å². The van der Waals surface area contributed by atoms with E-state index in [2.05, 4.69) is 5.32 Å². The van der Waals surface area contributed by atoms with Crippen molar-refractivity contribution >= 4 is 29.1 Å². The van der Waals surface area contributed by atoms with Gasteiger partial charge in [-0.05, 0) is 18.2 Å². The van der Waals surface area contributed by atoms with Gasteiger partial charge in [-0.15, -0.1) is 0 Å². The first-order chi connectivity index (χ1) is 9.99. The van der Waals surface area contributed by atoms with Gasteiger partial charge in [0.05, 0.1) is 15.7 Å². The molecule has 0 radical (unpaired) electrons. The van der Waals surface area contributed by atoms with Gasteiger partial charge in [-0.3, -0.25) is 14.2 Å². The molecule has 0 unspecified atom stereocenters. The number of carbonyl (C=O) groups is 1. The second-order valence-corrected chi connectivity index (χ2v) is 5.31. The Kier molecular flexibility index (Phi) is 3.35. The third-order valence-corrected chi connectivity index (χ3v) is 3.95. The van der Waals surface area contributed by atoms with E-state index in [1.54, 1.807) is 0 Å². The Hall–Kier alpha value is -2.05. The fraction of sp³-hybridized carbons (Fsp3) is 0.154. The molecule has 1 amide bonds. The molecule has 0 spiro atoms. The van der Waals surface area contributed by atoms with Crippen molar-refractivity contribution in [2.75, 3.05) is 6.54 Å². The van der Waals surface area contributed by atoms with Crippen molar-refractivity contribution < 1.29 is 4.79 Å². The Balaban J connectivity index is 2.29. The minimum absolute atomic E-state index is 0.0626. The fourth-order valence-corrected chi connectivity index (χ4v) is 2.51. The maximum absolute atomic E-state index is 12.4. The van der Waals surface area contributed by atoms with Crippen LogP contribution < -0.4 is 16.6 Å². The lowest BCUT2D eigenvalue weighted by molar-refractivity contribution is 0.0924. The molecule has 2 heterocycles. The van der Waals surface area contributed by atoms with Crippen LogP contribution in [0.1, 0.15) is 10.5 Å². The number of rotatable bonds is 1. The lowest BCUT2D eigenvalue weighted by atomic mass is 10.2. The van der Waals surface area contributed by atoms with E-state index >= 15 is 0 Å². The number of hydrogen-bond acceptors (Lipinski definition) is 3. The standard InChI is InChI=1S/C13H9Cl2N3O3/c14-8-2-1-7(5-9(8)15)18-11(19)6-10-12(20)16-3-4-17(10)13(18)21/h1-2,5-6H,3-4H2,(H,16,20). The summed E-state index contributed by atoms with van der Waals surface area (Å²) in [4.78, 5) is 36.3. The van der Waals surface area contributed by atoms with Gasteiger partial charge in [0, 0.05) is 19.2 Å². The molecule has 108 valence electrons. The number of hydrogen-bond donors (Lipinski definition) is 1. The molecule has 0 fully saturated rings. The average molecular weight is 326 g/mol. The smallest absolute Gasteiger partial charge is 0.336 e. The van der Waals surface area contributed by atoms with Crippen LogP contribution in [-0.2, 0) is 6.54 Å². The summed E-state index contributed by atoms with van der Waals surface area (Å²) in [5, 5.41) is 3.14. The van der Waals surface area contributed by atoms with Crippen molar-refractivity contribution in [3.63, 3.8) is 0 Å². The molecule has 8 heteroatoms. The van der Waals surface area contributed by atoms with Crippen LogP contribution in [0, 0.1) is 0 Å². The summed E-state index contributed by atoms with van der Waals surface area (Å²) >= 11 is 11.7. The zero-order chi connectivity index (χ0) is 15.1. The van der Waals surface area contributed by atoms with Crippen molar-refractivity contribution in [1.82, 2.24) is 14.5 Å². The number of benzene rings is 1. The van der Waals surface area contributed by atoms with Gasteiger partial charge in [-0.2, -0.15) is 0 Å². The van der Waals surface area contributed by atoms with Crippen molar-refractivity contribution in [1.29, 1.82) is 0 Å². The van der Waals surface area contributed by atoms with Crippen molar-refractivity contribution in [3.8, 4) is 5.69 Å². The molecule has 1 aromatic carbocycles. The van der Waals surface area contributed by atoms with Crippen LogP contribution in [-0.4, -0.2) is 21.6 Å². The average Bonchev–Trinajstić information content (AvgIpc) is 2.44. The Morgan fingerprint density at radius 1 is 1.05 bits per heavy atom. The normalized spacial score (nSPS) is 13.7. The summed E-state index contributed by atoms with van der Waals surface area (Å²) in [6, 6.07) is 5.59. The summed E-state index contributed by atoms with van der Waals surface area (Å²) in [5.41, 5.74) is -0.805. The molecule has 0 saturated heterocycles. The Morgan fingerprint density at radius 3 is 2.52 bits per heavy atom. The minimum atomic E-state index is -0.596. The highest BCUT2D eigenvalue weighted by Gasteiger charge is 2.21. The summed E-state index contributed by atoms with van der Waals surface area (Å²) in [5.74, 6) is -0.434. The maximum atomic E-state index is 12.4. The van der Waals surface area contributed by atoms with Gasteiger partial charge in [-0.25, -0.2) is 9.36 Å². The van der Waals surface area contributed by atoms with Crippen molar-refractivity contribution in [2.45, 2.75) is 6.54 Å². The zero-order valence-electron chi connectivity index (χ0n) is 10.6. The number of aromatic nitrogens is 2. The van der Waals surface area contributed by atoms with Crippen LogP contribution in [0.3, 0.4) is 0 Å². The topological polar surface area (TPSA) is 73.1 Å². The SMILES string of the molecule is O=C1NCCn2c1cc(=O)n(-c1ccc(Cl)c(Cl)c1)c2=O. The molecule has 1 N–H and O–H groups in total. The number of amides is 1. The van der Waals surface area contributed by atoms with Crippen LogP contribution in [0.25, 0.3) is 5.69 Å². The monoisotopic (exact) mass is 325 g/mol. The number of nitrogens with zero attached hydrogens (tertiary/aromatic N) is 2. The van der Waals surface area contributed by atoms with E-state index in [1.807, 2.05) is 0 Å². The third-order valence-electron chi connectivity index (χ3n) is 3.21. The number of carbonyl (C=O) groups excluding carboxylic acids is 1. The number of halogens is 2. The molecule has 0 bridgehead atoms. The highest BCUT2D eigenvalue weighted by atomic mass is 35.5. The van der Waals surface area contributed by atoms with Crippen LogP contribution in [0.15, 0.2) is 33.9 Å². The lowest BCUT2D eigenvalue weighted by Gasteiger charge is -2.19. The van der Waals surface area contributed by atoms with Crippen LogP contribution in [0.5, 0.6) is 0 Å². The van der Waals surface area contributed by atoms with Gasteiger partial charge in [0.2, 0.25) is 0 Å². The Labute approximate surface area is 128 Å². The van der Waals surface area contributed by atoms with Crippen molar-refractivity contribution in [3.05, 3.63) is 60.8 Å². The predicted molar refractivity (Wildman–Crippen MR) is 78.7 cm³/mol. The third kappa shape index (κ3) is 2.26. The summed E-state index contributed by atoms with van der Waals surface area (Å²) in [7, 11) is 0. The first-order valence-corrected chi connectivity index (χ1v) is 6.85. The molecule has 1 aliphatic heterocycles. The molecule has 1 aromatic heterocycles. The van der Waals surface area contributed by atoms with Gasteiger partial charge < -0.3 is 5.32 Å². The molecule has 21 heavy (non-hydrogen) atoms. The second kappa shape index (κ2) is 5.05. The largest absolute Gasteiger partial charge is 0.349 e.